The van der Waals surface area contributed by atoms with Crippen molar-refractivity contribution >= 4 is 0 Å². The summed E-state index contributed by atoms with van der Waals surface area (Å²) >= 11 is 0. The number of aliphatic hydroxyl groups excluding tert-OH is 1. The van der Waals surface area contributed by atoms with Crippen molar-refractivity contribution in [2.45, 2.75) is 67.8 Å². The Morgan fingerprint density at radius 2 is 0.731 bits per heavy atom. The lowest BCUT2D eigenvalue weighted by atomic mass is 9.68. The van der Waals surface area contributed by atoms with Crippen molar-refractivity contribution in [3.63, 3.8) is 0 Å². The maximum Gasteiger partial charge on any atom is 0.153 e. The quantitative estimate of drug-likeness (QED) is 0.0769. The van der Waals surface area contributed by atoms with Gasteiger partial charge in [0.2, 0.25) is 0 Å². The second-order valence-electron chi connectivity index (χ2n) is 17.6. The molecule has 1 aliphatic heterocycles. The smallest absolute Gasteiger partial charge is 0.153 e. The molecule has 1 aliphatic rings. The van der Waals surface area contributed by atoms with Gasteiger partial charge in [-0.25, -0.2) is 0 Å². The van der Waals surface area contributed by atoms with Crippen molar-refractivity contribution in [2.24, 2.45) is 0 Å². The van der Waals surface area contributed by atoms with E-state index in [-0.39, 0.29) is 26.4 Å². The van der Waals surface area contributed by atoms with Crippen LogP contribution >= 0.6 is 0 Å². The second kappa shape index (κ2) is 20.6. The van der Waals surface area contributed by atoms with Gasteiger partial charge in [-0.3, -0.25) is 0 Å². The Balaban J connectivity index is 1.15. The minimum absolute atomic E-state index is 0.0677. The molecule has 6 nitrogen and oxygen atoms in total. The average molecular weight is 887 g/mol. The van der Waals surface area contributed by atoms with Crippen LogP contribution in [0.25, 0.3) is 0 Å². The summed E-state index contributed by atoms with van der Waals surface area (Å²) in [6.45, 7) is 4.38. The highest BCUT2D eigenvalue weighted by atomic mass is 16.7. The summed E-state index contributed by atoms with van der Waals surface area (Å²) in [6, 6.07) is 81.7. The van der Waals surface area contributed by atoms with Crippen LogP contribution in [0.2, 0.25) is 0 Å². The number of benzene rings is 8. The van der Waals surface area contributed by atoms with Crippen LogP contribution in [-0.4, -0.2) is 47.8 Å². The summed E-state index contributed by atoms with van der Waals surface area (Å²) in [5.41, 5.74) is 3.07. The van der Waals surface area contributed by atoms with E-state index in [4.69, 9.17) is 23.7 Å². The van der Waals surface area contributed by atoms with Gasteiger partial charge in [0.1, 0.15) is 29.5 Å². The Hall–Kier alpha value is -6.48. The number of ether oxygens (including phenoxy) is 5. The molecule has 6 heteroatoms. The lowest BCUT2D eigenvalue weighted by Crippen LogP contribution is -2.81. The molecule has 1 heterocycles. The average Bonchev–Trinajstić information content (AvgIpc) is 3.39. The molecule has 1 saturated heterocycles. The minimum atomic E-state index is -1.38. The van der Waals surface area contributed by atoms with E-state index in [1.54, 1.807) is 0 Å². The van der Waals surface area contributed by atoms with Crippen molar-refractivity contribution in [1.82, 2.24) is 0 Å². The van der Waals surface area contributed by atoms with Crippen LogP contribution in [-0.2, 0) is 48.1 Å². The van der Waals surface area contributed by atoms with Gasteiger partial charge >= 0.3 is 0 Å². The fraction of sp³-hybridized carbons (Fsp3) is 0.213. The summed E-state index contributed by atoms with van der Waals surface area (Å²) in [4.78, 5) is 0. The van der Waals surface area contributed by atoms with E-state index >= 15 is 0 Å². The zero-order chi connectivity index (χ0) is 46.0. The topological polar surface area (TPSA) is 66.4 Å². The highest BCUT2D eigenvalue weighted by molar-refractivity contribution is 5.49. The van der Waals surface area contributed by atoms with Crippen LogP contribution in [0.4, 0.5) is 0 Å². The van der Waals surface area contributed by atoms with E-state index in [1.165, 1.54) is 0 Å². The van der Waals surface area contributed by atoms with Gasteiger partial charge in [-0.05, 0) is 58.4 Å². The molecule has 0 saturated carbocycles. The lowest BCUT2D eigenvalue weighted by Gasteiger charge is -2.63. The van der Waals surface area contributed by atoms with Crippen molar-refractivity contribution in [1.29, 1.82) is 0 Å². The molecule has 9 rings (SSSR count). The normalized spacial score (nSPS) is 17.8. The van der Waals surface area contributed by atoms with Gasteiger partial charge in [0.15, 0.2) is 5.60 Å². The molecule has 0 spiro atoms. The SMILES string of the molecule is CC1(C)O[C@H]([C@@H](COC(c2ccccc2)(c2ccccc2)c2ccccc2)OCc2ccccc2)[C@@]1(OCc1ccccc1)[C@H](O)COC(c1ccccc1)(c1ccccc1)c1ccccc1. The van der Waals surface area contributed by atoms with Gasteiger partial charge < -0.3 is 28.8 Å². The fourth-order valence-corrected chi connectivity index (χ4v) is 9.93. The molecule has 67 heavy (non-hydrogen) atoms. The highest BCUT2D eigenvalue weighted by Gasteiger charge is 2.70. The van der Waals surface area contributed by atoms with Gasteiger partial charge in [0, 0.05) is 0 Å². The Labute approximate surface area is 395 Å². The monoisotopic (exact) mass is 886 g/mol. The molecule has 0 amide bonds. The third-order valence-corrected chi connectivity index (χ3v) is 13.2. The molecule has 0 aromatic heterocycles. The molecule has 0 bridgehead atoms. The molecule has 1 N–H and O–H groups in total. The third-order valence-electron chi connectivity index (χ3n) is 13.2. The van der Waals surface area contributed by atoms with Crippen molar-refractivity contribution in [3.05, 3.63) is 287 Å². The van der Waals surface area contributed by atoms with E-state index in [9.17, 15) is 5.11 Å². The summed E-state index contributed by atoms with van der Waals surface area (Å²) in [5, 5.41) is 13.3. The number of rotatable bonds is 20. The summed E-state index contributed by atoms with van der Waals surface area (Å²) in [6.07, 6.45) is -2.81. The number of hydrogen-bond acceptors (Lipinski definition) is 6. The van der Waals surface area contributed by atoms with Crippen molar-refractivity contribution in [3.8, 4) is 0 Å². The van der Waals surface area contributed by atoms with Crippen LogP contribution in [0.5, 0.6) is 0 Å². The molecule has 8 aromatic rings. The van der Waals surface area contributed by atoms with Crippen LogP contribution in [0.15, 0.2) is 243 Å². The molecular weight excluding hydrogens is 829 g/mol. The summed E-state index contributed by atoms with van der Waals surface area (Å²) in [7, 11) is 0. The van der Waals surface area contributed by atoms with Gasteiger partial charge in [-0.2, -0.15) is 0 Å². The predicted octanol–water partition coefficient (Wildman–Crippen LogP) is 12.1. The van der Waals surface area contributed by atoms with Gasteiger partial charge in [0.05, 0.1) is 32.0 Å². The number of hydrogen-bond donors (Lipinski definition) is 1. The fourth-order valence-electron chi connectivity index (χ4n) is 9.93. The van der Waals surface area contributed by atoms with Gasteiger partial charge in [0.25, 0.3) is 0 Å². The first-order chi connectivity index (χ1) is 32.9. The third kappa shape index (κ3) is 9.17. The van der Waals surface area contributed by atoms with E-state index in [0.717, 1.165) is 44.5 Å². The van der Waals surface area contributed by atoms with E-state index in [1.807, 2.05) is 184 Å². The van der Waals surface area contributed by atoms with Crippen LogP contribution in [0, 0.1) is 0 Å². The first-order valence-corrected chi connectivity index (χ1v) is 23.2. The maximum absolute atomic E-state index is 13.3. The largest absolute Gasteiger partial charge is 0.387 e. The van der Waals surface area contributed by atoms with E-state index in [0.29, 0.717) is 0 Å². The van der Waals surface area contributed by atoms with E-state index < -0.39 is 40.7 Å². The molecule has 0 aliphatic carbocycles. The molecule has 4 atom stereocenters. The number of aliphatic hydroxyl groups is 1. The van der Waals surface area contributed by atoms with Crippen molar-refractivity contribution in [2.75, 3.05) is 13.2 Å². The molecule has 338 valence electrons. The second-order valence-corrected chi connectivity index (χ2v) is 17.6. The Kier molecular flexibility index (Phi) is 14.0. The standard InChI is InChI=1S/C61H58O6/c1-58(2)61(66-44-48-29-13-4-14-30-48,56(62)46-65-60(52-37-21-8-22-38-52,53-39-23-9-24-40-53)54-41-25-10-26-42-54)57(67-58)55(63-43-47-27-11-3-12-28-47)45-64-59(49-31-15-5-16-32-49,50-33-17-6-18-34-50)51-35-19-7-20-36-51/h3-42,55-57,62H,43-46H2,1-2H3/t55-,56-,57-,61+/m1/s1. The zero-order valence-electron chi connectivity index (χ0n) is 38.1. The minimum Gasteiger partial charge on any atom is -0.387 e. The molecule has 8 aromatic carbocycles. The summed E-state index contributed by atoms with van der Waals surface area (Å²) in [5.74, 6) is 0. The van der Waals surface area contributed by atoms with Gasteiger partial charge in [-0.15, -0.1) is 0 Å². The Morgan fingerprint density at radius 1 is 0.433 bits per heavy atom. The van der Waals surface area contributed by atoms with Gasteiger partial charge in [-0.1, -0.05) is 243 Å². The zero-order valence-corrected chi connectivity index (χ0v) is 38.1. The lowest BCUT2D eigenvalue weighted by molar-refractivity contribution is -0.407. The molecule has 1 fully saturated rings. The maximum atomic E-state index is 13.3. The molecule has 0 radical (unpaired) electrons. The van der Waals surface area contributed by atoms with Crippen LogP contribution in [0.3, 0.4) is 0 Å². The predicted molar refractivity (Wildman–Crippen MR) is 264 cm³/mol. The first kappa shape index (κ1) is 45.7. The first-order valence-electron chi connectivity index (χ1n) is 23.2. The van der Waals surface area contributed by atoms with Crippen molar-refractivity contribution < 1.29 is 28.8 Å². The van der Waals surface area contributed by atoms with E-state index in [2.05, 4.69) is 72.8 Å². The van der Waals surface area contributed by atoms with Crippen LogP contribution in [0.1, 0.15) is 58.4 Å². The Bertz CT molecular complexity index is 2510. The molecular formula is C61H58O6. The van der Waals surface area contributed by atoms with Crippen LogP contribution < -0.4 is 0 Å². The Morgan fingerprint density at radius 3 is 1.06 bits per heavy atom. The highest BCUT2D eigenvalue weighted by Crippen LogP contribution is 2.52. The molecule has 0 unspecified atom stereocenters. The summed E-state index contributed by atoms with van der Waals surface area (Å²) < 4.78 is 36.2.